The lowest BCUT2D eigenvalue weighted by Crippen LogP contribution is -2.49. The van der Waals surface area contributed by atoms with E-state index in [9.17, 15) is 19.8 Å². The Morgan fingerprint density at radius 3 is 2.30 bits per heavy atom. The maximum Gasteiger partial charge on any atom is 0.248 e. The Balaban J connectivity index is 1.92. The monoisotopic (exact) mass is 599 g/mol. The first-order valence-corrected chi connectivity index (χ1v) is 15.0. The van der Waals surface area contributed by atoms with Gasteiger partial charge in [-0.3, -0.25) is 9.59 Å². The number of nitrogens with one attached hydrogen (secondary N) is 2. The fourth-order valence-corrected chi connectivity index (χ4v) is 4.80. The van der Waals surface area contributed by atoms with E-state index in [0.29, 0.717) is 36.5 Å². The standard InChI is InChI=1S/C32H49N5O6/c1-10-42-18-23-34-26-27(37(23)19-31(6,7)41)21-13-11-12-14-22(21)33-28(26)36-29(39)25(20(2)3)35-24(38)17-32(8,9)43-16-15-30(4,5)40/h11-14,20,25,40-41H,10,15-19H2,1-9H3,(H,35,38)(H,33,36,39). The van der Waals surface area contributed by atoms with E-state index >= 15 is 0 Å². The summed E-state index contributed by atoms with van der Waals surface area (Å²) in [7, 11) is 0. The molecule has 1 atom stereocenters. The molecule has 238 valence electrons. The van der Waals surface area contributed by atoms with Crippen LogP contribution < -0.4 is 10.6 Å². The second-order valence-corrected chi connectivity index (χ2v) is 13.4. The smallest absolute Gasteiger partial charge is 0.248 e. The summed E-state index contributed by atoms with van der Waals surface area (Å²) in [5.41, 5.74) is -0.838. The van der Waals surface area contributed by atoms with Gasteiger partial charge in [0.15, 0.2) is 5.82 Å². The molecule has 1 unspecified atom stereocenters. The minimum absolute atomic E-state index is 0.0377. The van der Waals surface area contributed by atoms with Gasteiger partial charge in [-0.05, 0) is 66.9 Å². The van der Waals surface area contributed by atoms with Crippen LogP contribution >= 0.6 is 0 Å². The lowest BCUT2D eigenvalue weighted by Gasteiger charge is -2.28. The number of benzene rings is 1. The van der Waals surface area contributed by atoms with Crippen LogP contribution in [0.3, 0.4) is 0 Å². The van der Waals surface area contributed by atoms with Crippen molar-refractivity contribution in [2.24, 2.45) is 5.92 Å². The SMILES string of the molecule is CCOCc1nc2c(NC(=O)C(NC(=O)CC(C)(C)OCCC(C)(C)O)C(C)C)nc3ccccc3c2n1CC(C)(C)O. The number of carbonyl (C=O) groups is 2. The number of aliphatic hydroxyl groups is 2. The third-order valence-corrected chi connectivity index (χ3v) is 6.94. The van der Waals surface area contributed by atoms with Crippen LogP contribution in [0.1, 0.15) is 81.0 Å². The van der Waals surface area contributed by atoms with E-state index in [0.717, 1.165) is 10.9 Å². The number of carbonyl (C=O) groups excluding carboxylic acids is 2. The predicted molar refractivity (Wildman–Crippen MR) is 168 cm³/mol. The summed E-state index contributed by atoms with van der Waals surface area (Å²) >= 11 is 0. The fourth-order valence-electron chi connectivity index (χ4n) is 4.80. The van der Waals surface area contributed by atoms with Gasteiger partial charge < -0.3 is 34.9 Å². The molecule has 0 aliphatic rings. The minimum atomic E-state index is -1.04. The zero-order chi connectivity index (χ0) is 32.2. The summed E-state index contributed by atoms with van der Waals surface area (Å²) in [6.07, 6.45) is 0.468. The van der Waals surface area contributed by atoms with Crippen LogP contribution in [0.4, 0.5) is 5.82 Å². The molecule has 3 rings (SSSR count). The van der Waals surface area contributed by atoms with E-state index in [2.05, 4.69) is 10.6 Å². The zero-order valence-corrected chi connectivity index (χ0v) is 27.1. The summed E-state index contributed by atoms with van der Waals surface area (Å²) in [4.78, 5) is 36.3. The first-order chi connectivity index (χ1) is 19.9. The third kappa shape index (κ3) is 9.69. The lowest BCUT2D eigenvalue weighted by atomic mass is 10.0. The fraction of sp³-hybridized carbons (Fsp3) is 0.625. The van der Waals surface area contributed by atoms with Crippen molar-refractivity contribution in [3.63, 3.8) is 0 Å². The number of para-hydroxylation sites is 1. The molecule has 43 heavy (non-hydrogen) atoms. The number of hydrogen-bond donors (Lipinski definition) is 4. The van der Waals surface area contributed by atoms with E-state index in [1.165, 1.54) is 0 Å². The maximum absolute atomic E-state index is 13.7. The Bertz CT molecular complexity index is 1420. The van der Waals surface area contributed by atoms with Crippen LogP contribution in [-0.2, 0) is 32.2 Å². The number of rotatable bonds is 15. The number of fused-ring (bicyclic) bond motifs is 3. The van der Waals surface area contributed by atoms with Gasteiger partial charge in [0.1, 0.15) is 24.0 Å². The molecule has 11 heteroatoms. The summed E-state index contributed by atoms with van der Waals surface area (Å²) in [6.45, 7) is 17.4. The van der Waals surface area contributed by atoms with Crippen LogP contribution in [0.2, 0.25) is 0 Å². The van der Waals surface area contributed by atoms with Crippen LogP contribution in [0.15, 0.2) is 24.3 Å². The van der Waals surface area contributed by atoms with Crippen molar-refractivity contribution in [3.05, 3.63) is 30.1 Å². The molecule has 3 aromatic rings. The maximum atomic E-state index is 13.7. The van der Waals surface area contributed by atoms with Crippen molar-refractivity contribution in [2.75, 3.05) is 18.5 Å². The molecule has 2 amide bonds. The van der Waals surface area contributed by atoms with Gasteiger partial charge in [0.25, 0.3) is 0 Å². The molecule has 2 heterocycles. The van der Waals surface area contributed by atoms with Crippen molar-refractivity contribution in [2.45, 2.75) is 111 Å². The van der Waals surface area contributed by atoms with Crippen LogP contribution in [0.25, 0.3) is 21.9 Å². The lowest BCUT2D eigenvalue weighted by molar-refractivity contribution is -0.132. The molecule has 4 N–H and O–H groups in total. The van der Waals surface area contributed by atoms with E-state index in [1.807, 2.05) is 49.6 Å². The average molecular weight is 600 g/mol. The van der Waals surface area contributed by atoms with Crippen molar-refractivity contribution in [3.8, 4) is 0 Å². The molecule has 0 saturated carbocycles. The molecule has 0 aliphatic heterocycles. The van der Waals surface area contributed by atoms with Crippen LogP contribution in [0, 0.1) is 5.92 Å². The topological polar surface area (TPSA) is 148 Å². The Hall–Kier alpha value is -3.12. The molecule has 2 aromatic heterocycles. The number of pyridine rings is 1. The third-order valence-electron chi connectivity index (χ3n) is 6.94. The highest BCUT2D eigenvalue weighted by molar-refractivity contribution is 6.10. The molecule has 0 saturated heterocycles. The van der Waals surface area contributed by atoms with Gasteiger partial charge in [-0.1, -0.05) is 32.0 Å². The average Bonchev–Trinajstić information content (AvgIpc) is 3.21. The minimum Gasteiger partial charge on any atom is -0.390 e. The van der Waals surface area contributed by atoms with E-state index < -0.39 is 28.8 Å². The highest BCUT2D eigenvalue weighted by atomic mass is 16.5. The van der Waals surface area contributed by atoms with Gasteiger partial charge in [-0.25, -0.2) is 9.97 Å². The normalized spacial score (nSPS) is 13.6. The molecule has 0 aliphatic carbocycles. The number of imidazole rings is 1. The summed E-state index contributed by atoms with van der Waals surface area (Å²) in [5.74, 6) is -0.0987. The molecule has 11 nitrogen and oxygen atoms in total. The Morgan fingerprint density at radius 1 is 1.02 bits per heavy atom. The number of anilines is 1. The largest absolute Gasteiger partial charge is 0.390 e. The van der Waals surface area contributed by atoms with Crippen LogP contribution in [0.5, 0.6) is 0 Å². The Labute approximate surface area is 254 Å². The number of hydrogen-bond acceptors (Lipinski definition) is 8. The Kier molecular flexibility index (Phi) is 10.9. The molecule has 1 aromatic carbocycles. The number of ether oxygens (including phenoxy) is 2. The van der Waals surface area contributed by atoms with E-state index in [-0.39, 0.29) is 37.2 Å². The van der Waals surface area contributed by atoms with Gasteiger partial charge in [-0.15, -0.1) is 0 Å². The number of amides is 2. The zero-order valence-electron chi connectivity index (χ0n) is 27.1. The summed E-state index contributed by atoms with van der Waals surface area (Å²) in [6, 6.07) is 6.73. The molecule has 0 bridgehead atoms. The van der Waals surface area contributed by atoms with Crippen molar-refractivity contribution < 1.29 is 29.3 Å². The second-order valence-electron chi connectivity index (χ2n) is 13.4. The summed E-state index contributed by atoms with van der Waals surface area (Å²) in [5, 5.41) is 27.3. The quantitative estimate of drug-likeness (QED) is 0.202. The van der Waals surface area contributed by atoms with E-state index in [4.69, 9.17) is 19.4 Å². The van der Waals surface area contributed by atoms with Gasteiger partial charge in [0.2, 0.25) is 11.8 Å². The van der Waals surface area contributed by atoms with Gasteiger partial charge in [0, 0.05) is 12.0 Å². The molecule has 0 fully saturated rings. The highest BCUT2D eigenvalue weighted by Gasteiger charge is 2.30. The van der Waals surface area contributed by atoms with Crippen LogP contribution in [-0.4, -0.2) is 72.6 Å². The predicted octanol–water partition coefficient (Wildman–Crippen LogP) is 4.32. The van der Waals surface area contributed by atoms with Crippen molar-refractivity contribution in [1.29, 1.82) is 0 Å². The Morgan fingerprint density at radius 2 is 1.70 bits per heavy atom. The highest BCUT2D eigenvalue weighted by Crippen LogP contribution is 2.32. The summed E-state index contributed by atoms with van der Waals surface area (Å²) < 4.78 is 13.5. The van der Waals surface area contributed by atoms with Gasteiger partial charge in [-0.2, -0.15) is 0 Å². The first-order valence-electron chi connectivity index (χ1n) is 15.0. The number of nitrogens with zero attached hydrogens (tertiary/aromatic N) is 3. The molecule has 0 spiro atoms. The van der Waals surface area contributed by atoms with Crippen molar-refractivity contribution in [1.82, 2.24) is 19.9 Å². The molecule has 0 radical (unpaired) electrons. The van der Waals surface area contributed by atoms with Gasteiger partial charge >= 0.3 is 0 Å². The van der Waals surface area contributed by atoms with Gasteiger partial charge in [0.05, 0.1) is 47.4 Å². The number of aromatic nitrogens is 3. The van der Waals surface area contributed by atoms with Crippen molar-refractivity contribution >= 4 is 39.6 Å². The molecular weight excluding hydrogens is 550 g/mol. The second kappa shape index (κ2) is 13.7. The van der Waals surface area contributed by atoms with E-state index in [1.54, 1.807) is 41.5 Å². The molecular formula is C32H49N5O6. The first kappa shape index (κ1) is 34.4.